The second-order valence-corrected chi connectivity index (χ2v) is 7.00. The van der Waals surface area contributed by atoms with Crippen LogP contribution in [0.5, 0.6) is 5.75 Å². The lowest BCUT2D eigenvalue weighted by molar-refractivity contribution is -0.117. The molecule has 1 aromatic heterocycles. The fourth-order valence-corrected chi connectivity index (χ4v) is 3.74. The molecule has 0 spiro atoms. The van der Waals surface area contributed by atoms with Crippen LogP contribution >= 0.6 is 0 Å². The van der Waals surface area contributed by atoms with Crippen molar-refractivity contribution in [2.24, 2.45) is 0 Å². The van der Waals surface area contributed by atoms with Crippen molar-refractivity contribution in [3.63, 3.8) is 0 Å². The molecule has 1 amide bonds. The first-order valence-electron chi connectivity index (χ1n) is 9.02. The summed E-state index contributed by atoms with van der Waals surface area (Å²) in [6.07, 6.45) is 6.91. The van der Waals surface area contributed by atoms with Crippen molar-refractivity contribution in [2.75, 3.05) is 6.61 Å². The minimum absolute atomic E-state index is 0.0148. The molecular weight excluding hydrogens is 312 g/mol. The molecule has 0 radical (unpaired) electrons. The summed E-state index contributed by atoms with van der Waals surface area (Å²) in [7, 11) is 0. The number of amides is 1. The molecule has 1 aliphatic carbocycles. The quantitative estimate of drug-likeness (QED) is 0.855. The van der Waals surface area contributed by atoms with E-state index in [1.807, 2.05) is 30.3 Å². The molecule has 2 heterocycles. The van der Waals surface area contributed by atoms with Crippen molar-refractivity contribution in [1.82, 2.24) is 9.88 Å². The zero-order chi connectivity index (χ0) is 17.4. The number of para-hydroxylation sites is 1. The average molecular weight is 336 g/mol. The Kier molecular flexibility index (Phi) is 4.12. The molecule has 130 valence electrons. The van der Waals surface area contributed by atoms with Gasteiger partial charge >= 0.3 is 0 Å². The van der Waals surface area contributed by atoms with Crippen LogP contribution in [-0.4, -0.2) is 17.1 Å². The van der Waals surface area contributed by atoms with E-state index in [0.29, 0.717) is 12.6 Å². The number of carbonyl (C=O) groups is 1. The van der Waals surface area contributed by atoms with E-state index in [2.05, 4.69) is 29.8 Å². The van der Waals surface area contributed by atoms with E-state index >= 15 is 0 Å². The number of aryl methyl sites for hydroxylation is 1. The molecule has 1 unspecified atom stereocenters. The summed E-state index contributed by atoms with van der Waals surface area (Å²) in [5, 5.41) is 3.11. The lowest BCUT2D eigenvalue weighted by Crippen LogP contribution is -2.30. The number of hydrogen-bond donors (Lipinski definition) is 1. The van der Waals surface area contributed by atoms with E-state index in [1.54, 1.807) is 6.08 Å². The molecule has 1 N–H and O–H groups in total. The minimum atomic E-state index is -0.0575. The third-order valence-electron chi connectivity index (χ3n) is 5.12. The number of ether oxygens (including phenoxy) is 1. The average Bonchev–Trinajstić information content (AvgIpc) is 3.39. The Bertz CT molecular complexity index is 830. The van der Waals surface area contributed by atoms with Crippen LogP contribution in [0.4, 0.5) is 0 Å². The fourth-order valence-electron chi connectivity index (χ4n) is 3.74. The molecule has 2 aromatic rings. The number of fused-ring (bicyclic) bond motifs is 1. The zero-order valence-corrected chi connectivity index (χ0v) is 14.8. The van der Waals surface area contributed by atoms with Gasteiger partial charge in [0.15, 0.2) is 0 Å². The molecule has 4 rings (SSSR count). The molecular formula is C21H24N2O2. The van der Waals surface area contributed by atoms with E-state index in [0.717, 1.165) is 23.3 Å². The maximum Gasteiger partial charge on any atom is 0.244 e. The maximum absolute atomic E-state index is 12.4. The normalized spacial score (nSPS) is 19.5. The van der Waals surface area contributed by atoms with Crippen molar-refractivity contribution in [3.05, 3.63) is 58.9 Å². The molecule has 0 saturated heterocycles. The van der Waals surface area contributed by atoms with Gasteiger partial charge in [0.2, 0.25) is 5.91 Å². The van der Waals surface area contributed by atoms with Crippen molar-refractivity contribution in [3.8, 4) is 5.75 Å². The van der Waals surface area contributed by atoms with E-state index in [4.69, 9.17) is 4.74 Å². The van der Waals surface area contributed by atoms with Gasteiger partial charge < -0.3 is 14.6 Å². The minimum Gasteiger partial charge on any atom is -0.493 e. The van der Waals surface area contributed by atoms with Gasteiger partial charge in [0, 0.05) is 35.5 Å². The number of benzene rings is 1. The van der Waals surface area contributed by atoms with Gasteiger partial charge in [-0.05, 0) is 50.5 Å². The Labute approximate surface area is 148 Å². The molecule has 2 aliphatic rings. The Morgan fingerprint density at radius 2 is 2.04 bits per heavy atom. The predicted molar refractivity (Wildman–Crippen MR) is 98.6 cm³/mol. The van der Waals surface area contributed by atoms with Crippen molar-refractivity contribution in [2.45, 2.75) is 45.2 Å². The van der Waals surface area contributed by atoms with E-state index in [-0.39, 0.29) is 11.9 Å². The van der Waals surface area contributed by atoms with Crippen LogP contribution in [0.1, 0.15) is 53.9 Å². The highest BCUT2D eigenvalue weighted by Crippen LogP contribution is 2.38. The maximum atomic E-state index is 12.4. The molecule has 1 fully saturated rings. The molecule has 1 aliphatic heterocycles. The number of hydrogen-bond acceptors (Lipinski definition) is 2. The summed E-state index contributed by atoms with van der Waals surface area (Å²) in [6.45, 7) is 4.91. The molecule has 4 heteroatoms. The summed E-state index contributed by atoms with van der Waals surface area (Å²) in [6, 6.07) is 10.8. The van der Waals surface area contributed by atoms with Crippen LogP contribution in [0.25, 0.3) is 6.08 Å². The summed E-state index contributed by atoms with van der Waals surface area (Å²) < 4.78 is 8.05. The van der Waals surface area contributed by atoms with E-state index < -0.39 is 0 Å². The van der Waals surface area contributed by atoms with Crippen LogP contribution in [0.15, 0.2) is 36.4 Å². The first-order valence-corrected chi connectivity index (χ1v) is 9.02. The second kappa shape index (κ2) is 6.43. The third kappa shape index (κ3) is 3.21. The highest BCUT2D eigenvalue weighted by molar-refractivity contribution is 5.92. The van der Waals surface area contributed by atoms with Gasteiger partial charge in [-0.15, -0.1) is 0 Å². The van der Waals surface area contributed by atoms with Crippen LogP contribution in [0, 0.1) is 13.8 Å². The van der Waals surface area contributed by atoms with Crippen LogP contribution < -0.4 is 10.1 Å². The lowest BCUT2D eigenvalue weighted by Gasteiger charge is -2.26. The number of aromatic nitrogens is 1. The molecule has 1 saturated carbocycles. The van der Waals surface area contributed by atoms with Gasteiger partial charge in [0.1, 0.15) is 5.75 Å². The molecule has 4 nitrogen and oxygen atoms in total. The van der Waals surface area contributed by atoms with Gasteiger partial charge in [-0.25, -0.2) is 0 Å². The number of rotatable bonds is 4. The van der Waals surface area contributed by atoms with E-state index in [9.17, 15) is 4.79 Å². The van der Waals surface area contributed by atoms with Crippen molar-refractivity contribution >= 4 is 12.0 Å². The smallest absolute Gasteiger partial charge is 0.244 e. The SMILES string of the molecule is Cc1cc(C=CC(=O)NC2CCOc3ccccc32)c(C)n1C1CC1. The Hall–Kier alpha value is -2.49. The molecule has 25 heavy (non-hydrogen) atoms. The highest BCUT2D eigenvalue weighted by atomic mass is 16.5. The standard InChI is InChI=1S/C21H24N2O2/c1-14-13-16(15(2)23(14)17-8-9-17)7-10-21(24)22-19-11-12-25-20-6-4-3-5-18(19)20/h3-7,10,13,17,19H,8-9,11-12H2,1-2H3,(H,22,24). The summed E-state index contributed by atoms with van der Waals surface area (Å²) in [5.74, 6) is 0.814. The summed E-state index contributed by atoms with van der Waals surface area (Å²) >= 11 is 0. The largest absolute Gasteiger partial charge is 0.493 e. The predicted octanol–water partition coefficient (Wildman–Crippen LogP) is 4.09. The van der Waals surface area contributed by atoms with Crippen molar-refractivity contribution in [1.29, 1.82) is 0 Å². The van der Waals surface area contributed by atoms with E-state index in [1.165, 1.54) is 24.2 Å². The van der Waals surface area contributed by atoms with Gasteiger partial charge in [0.25, 0.3) is 0 Å². The third-order valence-corrected chi connectivity index (χ3v) is 5.12. The monoisotopic (exact) mass is 336 g/mol. The van der Waals surface area contributed by atoms with Gasteiger partial charge in [-0.1, -0.05) is 18.2 Å². The van der Waals surface area contributed by atoms with Gasteiger partial charge in [-0.3, -0.25) is 4.79 Å². The van der Waals surface area contributed by atoms with Gasteiger partial charge in [0.05, 0.1) is 12.6 Å². The number of nitrogens with zero attached hydrogens (tertiary/aromatic N) is 1. The Morgan fingerprint density at radius 3 is 2.84 bits per heavy atom. The lowest BCUT2D eigenvalue weighted by atomic mass is 10.0. The topological polar surface area (TPSA) is 43.3 Å². The second-order valence-electron chi connectivity index (χ2n) is 7.00. The highest BCUT2D eigenvalue weighted by Gasteiger charge is 2.26. The summed E-state index contributed by atoms with van der Waals surface area (Å²) in [5.41, 5.74) is 4.72. The zero-order valence-electron chi connectivity index (χ0n) is 14.8. The number of carbonyl (C=O) groups excluding carboxylic acids is 1. The van der Waals surface area contributed by atoms with Crippen LogP contribution in [-0.2, 0) is 4.79 Å². The van der Waals surface area contributed by atoms with Crippen molar-refractivity contribution < 1.29 is 9.53 Å². The first-order chi connectivity index (χ1) is 12.1. The van der Waals surface area contributed by atoms with Gasteiger partial charge in [-0.2, -0.15) is 0 Å². The fraction of sp³-hybridized carbons (Fsp3) is 0.381. The Balaban J connectivity index is 1.46. The Morgan fingerprint density at radius 1 is 1.24 bits per heavy atom. The summed E-state index contributed by atoms with van der Waals surface area (Å²) in [4.78, 5) is 12.4. The molecule has 1 aromatic carbocycles. The molecule has 1 atom stereocenters. The molecule has 0 bridgehead atoms. The number of nitrogens with one attached hydrogen (secondary N) is 1. The van der Waals surface area contributed by atoms with Crippen LogP contribution in [0.3, 0.4) is 0 Å². The first kappa shape index (κ1) is 16.0. The van der Waals surface area contributed by atoms with Crippen LogP contribution in [0.2, 0.25) is 0 Å².